The van der Waals surface area contributed by atoms with Gasteiger partial charge < -0.3 is 15.4 Å². The van der Waals surface area contributed by atoms with Gasteiger partial charge in [-0.3, -0.25) is 4.79 Å². The number of carbonyl (C=O) groups is 1. The Morgan fingerprint density at radius 1 is 1.36 bits per heavy atom. The molecule has 4 heteroatoms. The van der Waals surface area contributed by atoms with Crippen molar-refractivity contribution in [3.8, 4) is 0 Å². The first-order valence-corrected chi connectivity index (χ1v) is 5.18. The van der Waals surface area contributed by atoms with Gasteiger partial charge in [0.25, 0.3) is 0 Å². The molecule has 0 radical (unpaired) electrons. The number of hydrogen-bond acceptors (Lipinski definition) is 3. The van der Waals surface area contributed by atoms with Gasteiger partial charge in [0.15, 0.2) is 0 Å². The summed E-state index contributed by atoms with van der Waals surface area (Å²) in [6.45, 7) is 9.61. The average molecular weight is 202 g/mol. The van der Waals surface area contributed by atoms with Crippen LogP contribution in [0.2, 0.25) is 0 Å². The highest BCUT2D eigenvalue weighted by Gasteiger charge is 2.04. The molecule has 0 aromatic rings. The lowest BCUT2D eigenvalue weighted by Crippen LogP contribution is -2.39. The van der Waals surface area contributed by atoms with Gasteiger partial charge in [0, 0.05) is 19.2 Å². The normalized spacial score (nSPS) is 12.9. The summed E-state index contributed by atoms with van der Waals surface area (Å²) in [5, 5.41) is 5.84. The summed E-state index contributed by atoms with van der Waals surface area (Å²) < 4.78 is 5.31. The van der Waals surface area contributed by atoms with Crippen molar-refractivity contribution in [1.82, 2.24) is 10.6 Å². The molecule has 0 saturated heterocycles. The summed E-state index contributed by atoms with van der Waals surface area (Å²) in [5.74, 6) is 0.0312. The summed E-state index contributed by atoms with van der Waals surface area (Å²) >= 11 is 0. The van der Waals surface area contributed by atoms with E-state index in [1.807, 2.05) is 27.7 Å². The largest absolute Gasteiger partial charge is 0.377 e. The Morgan fingerprint density at radius 2 is 2.00 bits per heavy atom. The monoisotopic (exact) mass is 202 g/mol. The molecule has 0 heterocycles. The maximum Gasteiger partial charge on any atom is 0.234 e. The van der Waals surface area contributed by atoms with Gasteiger partial charge in [-0.15, -0.1) is 0 Å². The highest BCUT2D eigenvalue weighted by molar-refractivity contribution is 5.78. The number of amides is 1. The molecule has 0 aliphatic carbocycles. The molecule has 84 valence electrons. The van der Waals surface area contributed by atoms with E-state index in [9.17, 15) is 4.79 Å². The smallest absolute Gasteiger partial charge is 0.234 e. The molecule has 2 N–H and O–H groups in total. The number of carbonyl (C=O) groups excluding carboxylic acids is 1. The van der Waals surface area contributed by atoms with Crippen molar-refractivity contribution < 1.29 is 9.53 Å². The second-order valence-corrected chi connectivity index (χ2v) is 3.62. The Morgan fingerprint density at radius 3 is 2.50 bits per heavy atom. The first kappa shape index (κ1) is 13.4. The van der Waals surface area contributed by atoms with Crippen LogP contribution in [0.15, 0.2) is 0 Å². The van der Waals surface area contributed by atoms with Crippen LogP contribution in [-0.4, -0.2) is 37.7 Å². The van der Waals surface area contributed by atoms with Gasteiger partial charge in [-0.1, -0.05) is 0 Å². The predicted octanol–water partition coefficient (Wildman–Crippen LogP) is 0.526. The van der Waals surface area contributed by atoms with E-state index in [0.29, 0.717) is 19.7 Å². The maximum atomic E-state index is 11.2. The van der Waals surface area contributed by atoms with Crippen LogP contribution in [0.5, 0.6) is 0 Å². The molecule has 1 atom stereocenters. The van der Waals surface area contributed by atoms with Crippen molar-refractivity contribution in [2.45, 2.75) is 39.8 Å². The first-order valence-electron chi connectivity index (χ1n) is 5.18. The van der Waals surface area contributed by atoms with Crippen LogP contribution in [0.1, 0.15) is 27.7 Å². The summed E-state index contributed by atoms with van der Waals surface area (Å²) in [4.78, 5) is 11.2. The Bertz CT molecular complexity index is 160. The zero-order chi connectivity index (χ0) is 11.0. The third-order valence-corrected chi connectivity index (χ3v) is 1.62. The Labute approximate surface area is 86.4 Å². The van der Waals surface area contributed by atoms with Crippen molar-refractivity contribution in [3.05, 3.63) is 0 Å². The van der Waals surface area contributed by atoms with Crippen LogP contribution in [0, 0.1) is 0 Å². The highest BCUT2D eigenvalue weighted by Crippen LogP contribution is 1.86. The number of hydrogen-bond donors (Lipinski definition) is 2. The lowest BCUT2D eigenvalue weighted by molar-refractivity contribution is -0.120. The van der Waals surface area contributed by atoms with Gasteiger partial charge in [0.05, 0.1) is 12.6 Å². The van der Waals surface area contributed by atoms with E-state index in [2.05, 4.69) is 10.6 Å². The van der Waals surface area contributed by atoms with Crippen LogP contribution < -0.4 is 10.6 Å². The second-order valence-electron chi connectivity index (χ2n) is 3.62. The van der Waals surface area contributed by atoms with Crippen LogP contribution >= 0.6 is 0 Å². The summed E-state index contributed by atoms with van der Waals surface area (Å²) in [7, 11) is 0. The van der Waals surface area contributed by atoms with E-state index in [-0.39, 0.29) is 18.1 Å². The third-order valence-electron chi connectivity index (χ3n) is 1.62. The average Bonchev–Trinajstić information content (AvgIpc) is 2.02. The zero-order valence-electron chi connectivity index (χ0n) is 9.59. The van der Waals surface area contributed by atoms with Crippen molar-refractivity contribution >= 4 is 5.91 Å². The van der Waals surface area contributed by atoms with Crippen molar-refractivity contribution in [2.75, 3.05) is 19.7 Å². The SMILES string of the molecule is CCOC(C)CNCC(=O)NC(C)C. The third kappa shape index (κ3) is 8.01. The summed E-state index contributed by atoms with van der Waals surface area (Å²) in [6, 6.07) is 0.202. The lowest BCUT2D eigenvalue weighted by atomic mass is 10.3. The molecular formula is C10H22N2O2. The van der Waals surface area contributed by atoms with Gasteiger partial charge in [-0.2, -0.15) is 0 Å². The molecule has 0 aromatic carbocycles. The minimum absolute atomic E-state index is 0.0312. The summed E-state index contributed by atoms with van der Waals surface area (Å²) in [5.41, 5.74) is 0. The molecular weight excluding hydrogens is 180 g/mol. The fourth-order valence-electron chi connectivity index (χ4n) is 1.11. The molecule has 0 aliphatic rings. The van der Waals surface area contributed by atoms with E-state index in [4.69, 9.17) is 4.74 Å². The molecule has 0 rings (SSSR count). The van der Waals surface area contributed by atoms with Crippen LogP contribution in [0.4, 0.5) is 0 Å². The van der Waals surface area contributed by atoms with Gasteiger partial charge in [-0.25, -0.2) is 0 Å². The van der Waals surface area contributed by atoms with Crippen LogP contribution in [0.25, 0.3) is 0 Å². The van der Waals surface area contributed by atoms with Crippen LogP contribution in [0.3, 0.4) is 0 Å². The van der Waals surface area contributed by atoms with E-state index < -0.39 is 0 Å². The Kier molecular flexibility index (Phi) is 7.42. The molecule has 0 bridgehead atoms. The van der Waals surface area contributed by atoms with E-state index in [1.54, 1.807) is 0 Å². The summed E-state index contributed by atoms with van der Waals surface area (Å²) in [6.07, 6.45) is 0.159. The topological polar surface area (TPSA) is 50.4 Å². The van der Waals surface area contributed by atoms with Crippen molar-refractivity contribution in [3.63, 3.8) is 0 Å². The number of rotatable bonds is 7. The fourth-order valence-corrected chi connectivity index (χ4v) is 1.11. The first-order chi connectivity index (χ1) is 6.56. The molecule has 14 heavy (non-hydrogen) atoms. The van der Waals surface area contributed by atoms with Gasteiger partial charge >= 0.3 is 0 Å². The molecule has 0 saturated carbocycles. The fraction of sp³-hybridized carbons (Fsp3) is 0.900. The van der Waals surface area contributed by atoms with Crippen LogP contribution in [-0.2, 0) is 9.53 Å². The Hall–Kier alpha value is -0.610. The molecule has 1 unspecified atom stereocenters. The zero-order valence-corrected chi connectivity index (χ0v) is 9.59. The predicted molar refractivity (Wildman–Crippen MR) is 57.2 cm³/mol. The van der Waals surface area contributed by atoms with Gasteiger partial charge in [0.2, 0.25) is 5.91 Å². The van der Waals surface area contributed by atoms with E-state index in [1.165, 1.54) is 0 Å². The molecule has 1 amide bonds. The molecule has 0 aromatic heterocycles. The lowest BCUT2D eigenvalue weighted by Gasteiger charge is -2.13. The van der Waals surface area contributed by atoms with Gasteiger partial charge in [0.1, 0.15) is 0 Å². The highest BCUT2D eigenvalue weighted by atomic mass is 16.5. The second kappa shape index (κ2) is 7.76. The molecule has 0 spiro atoms. The minimum Gasteiger partial charge on any atom is -0.377 e. The molecule has 0 aliphatic heterocycles. The van der Waals surface area contributed by atoms with Gasteiger partial charge in [-0.05, 0) is 27.7 Å². The minimum atomic E-state index is 0.0312. The van der Waals surface area contributed by atoms with Crippen molar-refractivity contribution in [1.29, 1.82) is 0 Å². The quantitative estimate of drug-likeness (QED) is 0.633. The standard InChI is InChI=1S/C10H22N2O2/c1-5-14-9(4)6-11-7-10(13)12-8(2)3/h8-9,11H,5-7H2,1-4H3,(H,12,13). The van der Waals surface area contributed by atoms with Crippen molar-refractivity contribution in [2.24, 2.45) is 0 Å². The Balaban J connectivity index is 3.39. The number of nitrogens with one attached hydrogen (secondary N) is 2. The number of ether oxygens (including phenoxy) is 1. The van der Waals surface area contributed by atoms with E-state index in [0.717, 1.165) is 0 Å². The molecule has 0 fully saturated rings. The van der Waals surface area contributed by atoms with E-state index >= 15 is 0 Å². The maximum absolute atomic E-state index is 11.2. The molecule has 4 nitrogen and oxygen atoms in total.